The largest absolute Gasteiger partial charge is 0.357 e. The molecule has 0 bridgehead atoms. The standard InChI is InChI=1S/C16H23N5O/c1-4-17-16(18-5-2)19-11-12(3)15-20-14(21-22-15)13-9-7-6-8-10-13/h6-10,12H,4-5,11H2,1-3H3,(H2,17,18,19). The molecule has 1 aromatic heterocycles. The molecule has 0 radical (unpaired) electrons. The third kappa shape index (κ3) is 4.31. The van der Waals surface area contributed by atoms with Crippen molar-refractivity contribution in [2.45, 2.75) is 26.7 Å². The molecule has 1 aromatic carbocycles. The van der Waals surface area contributed by atoms with Gasteiger partial charge in [0.25, 0.3) is 0 Å². The fourth-order valence-corrected chi connectivity index (χ4v) is 1.96. The van der Waals surface area contributed by atoms with Crippen LogP contribution in [0.3, 0.4) is 0 Å². The van der Waals surface area contributed by atoms with Crippen molar-refractivity contribution in [1.29, 1.82) is 0 Å². The van der Waals surface area contributed by atoms with Crippen molar-refractivity contribution in [3.8, 4) is 11.4 Å². The lowest BCUT2D eigenvalue weighted by atomic mass is 10.2. The van der Waals surface area contributed by atoms with E-state index in [1.54, 1.807) is 0 Å². The molecule has 6 heteroatoms. The molecule has 0 aliphatic heterocycles. The second-order valence-electron chi connectivity index (χ2n) is 4.97. The first kappa shape index (κ1) is 16.0. The zero-order valence-corrected chi connectivity index (χ0v) is 13.3. The van der Waals surface area contributed by atoms with E-state index < -0.39 is 0 Å². The average Bonchev–Trinajstić information content (AvgIpc) is 3.04. The molecular weight excluding hydrogens is 278 g/mol. The van der Waals surface area contributed by atoms with E-state index in [0.29, 0.717) is 18.3 Å². The Morgan fingerprint density at radius 2 is 1.86 bits per heavy atom. The van der Waals surface area contributed by atoms with Crippen molar-refractivity contribution in [3.05, 3.63) is 36.2 Å². The summed E-state index contributed by atoms with van der Waals surface area (Å²) >= 11 is 0. The molecule has 0 saturated carbocycles. The summed E-state index contributed by atoms with van der Waals surface area (Å²) in [7, 11) is 0. The van der Waals surface area contributed by atoms with Crippen molar-refractivity contribution >= 4 is 5.96 Å². The third-order valence-corrected chi connectivity index (χ3v) is 3.11. The van der Waals surface area contributed by atoms with Crippen LogP contribution in [0.5, 0.6) is 0 Å². The summed E-state index contributed by atoms with van der Waals surface area (Å²) in [5.74, 6) is 2.09. The third-order valence-electron chi connectivity index (χ3n) is 3.11. The van der Waals surface area contributed by atoms with E-state index in [1.165, 1.54) is 0 Å². The second-order valence-corrected chi connectivity index (χ2v) is 4.97. The smallest absolute Gasteiger partial charge is 0.231 e. The fraction of sp³-hybridized carbons (Fsp3) is 0.438. The molecular formula is C16H23N5O. The number of aromatic nitrogens is 2. The molecule has 118 valence electrons. The molecule has 0 spiro atoms. The van der Waals surface area contributed by atoms with Gasteiger partial charge in [-0.2, -0.15) is 4.98 Å². The van der Waals surface area contributed by atoms with Gasteiger partial charge in [-0.25, -0.2) is 0 Å². The summed E-state index contributed by atoms with van der Waals surface area (Å²) in [6, 6.07) is 9.80. The minimum atomic E-state index is 0.0669. The zero-order chi connectivity index (χ0) is 15.8. The predicted octanol–water partition coefficient (Wildman–Crippen LogP) is 2.42. The summed E-state index contributed by atoms with van der Waals surface area (Å²) in [6.45, 7) is 8.37. The maximum atomic E-state index is 5.36. The highest BCUT2D eigenvalue weighted by Gasteiger charge is 2.15. The molecule has 0 amide bonds. The van der Waals surface area contributed by atoms with Crippen LogP contribution in [0.4, 0.5) is 0 Å². The van der Waals surface area contributed by atoms with Gasteiger partial charge in [0.15, 0.2) is 5.96 Å². The first-order valence-electron chi connectivity index (χ1n) is 7.65. The Kier molecular flexibility index (Phi) is 5.94. The summed E-state index contributed by atoms with van der Waals surface area (Å²) < 4.78 is 5.36. The van der Waals surface area contributed by atoms with E-state index >= 15 is 0 Å². The lowest BCUT2D eigenvalue weighted by Crippen LogP contribution is -2.37. The normalized spacial score (nSPS) is 11.8. The second kappa shape index (κ2) is 8.17. The molecule has 0 saturated heterocycles. The van der Waals surface area contributed by atoms with Gasteiger partial charge >= 0.3 is 0 Å². The number of nitrogens with zero attached hydrogens (tertiary/aromatic N) is 3. The average molecular weight is 301 g/mol. The molecule has 1 heterocycles. The lowest BCUT2D eigenvalue weighted by molar-refractivity contribution is 0.361. The molecule has 22 heavy (non-hydrogen) atoms. The van der Waals surface area contributed by atoms with Gasteiger partial charge in [0, 0.05) is 18.7 Å². The van der Waals surface area contributed by atoms with Crippen LogP contribution in [0.15, 0.2) is 39.8 Å². The number of hydrogen-bond acceptors (Lipinski definition) is 4. The Morgan fingerprint density at radius 3 is 2.50 bits per heavy atom. The van der Waals surface area contributed by atoms with E-state index in [4.69, 9.17) is 4.52 Å². The van der Waals surface area contributed by atoms with E-state index in [0.717, 1.165) is 24.6 Å². The van der Waals surface area contributed by atoms with Gasteiger partial charge in [0.05, 0.1) is 12.5 Å². The van der Waals surface area contributed by atoms with Crippen LogP contribution in [0.25, 0.3) is 11.4 Å². The molecule has 1 unspecified atom stereocenters. The van der Waals surface area contributed by atoms with Crippen LogP contribution >= 0.6 is 0 Å². The van der Waals surface area contributed by atoms with Crippen LogP contribution in [-0.2, 0) is 0 Å². The van der Waals surface area contributed by atoms with Crippen molar-refractivity contribution < 1.29 is 4.52 Å². The Balaban J connectivity index is 2.02. The Morgan fingerprint density at radius 1 is 1.18 bits per heavy atom. The van der Waals surface area contributed by atoms with Gasteiger partial charge in [0.1, 0.15) is 0 Å². The molecule has 0 fully saturated rings. The lowest BCUT2D eigenvalue weighted by Gasteiger charge is -2.10. The number of aliphatic imine (C=N–C) groups is 1. The molecule has 0 aliphatic carbocycles. The number of guanidine groups is 1. The van der Waals surface area contributed by atoms with E-state index in [-0.39, 0.29) is 5.92 Å². The monoisotopic (exact) mass is 301 g/mol. The summed E-state index contributed by atoms with van der Waals surface area (Å²) in [4.78, 5) is 8.99. The minimum absolute atomic E-state index is 0.0669. The topological polar surface area (TPSA) is 75.3 Å². The highest BCUT2D eigenvalue weighted by Crippen LogP contribution is 2.19. The van der Waals surface area contributed by atoms with Crippen LogP contribution in [0, 0.1) is 0 Å². The first-order valence-corrected chi connectivity index (χ1v) is 7.65. The SMILES string of the molecule is CCNC(=NCC(C)c1nc(-c2ccccc2)no1)NCC. The summed E-state index contributed by atoms with van der Waals surface area (Å²) in [5.41, 5.74) is 0.953. The van der Waals surface area contributed by atoms with Gasteiger partial charge in [-0.05, 0) is 13.8 Å². The van der Waals surface area contributed by atoms with Crippen LogP contribution in [-0.4, -0.2) is 35.7 Å². The van der Waals surface area contributed by atoms with Gasteiger partial charge in [-0.3, -0.25) is 4.99 Å². The Bertz CT molecular complexity index is 586. The minimum Gasteiger partial charge on any atom is -0.357 e. The molecule has 2 aromatic rings. The summed E-state index contributed by atoms with van der Waals surface area (Å²) in [6.07, 6.45) is 0. The molecule has 2 rings (SSSR count). The van der Waals surface area contributed by atoms with E-state index in [9.17, 15) is 0 Å². The number of rotatable bonds is 6. The highest BCUT2D eigenvalue weighted by atomic mass is 16.5. The van der Waals surface area contributed by atoms with Gasteiger partial charge in [0.2, 0.25) is 11.7 Å². The van der Waals surface area contributed by atoms with Crippen molar-refractivity contribution in [2.24, 2.45) is 4.99 Å². The van der Waals surface area contributed by atoms with Crippen LogP contribution in [0.2, 0.25) is 0 Å². The van der Waals surface area contributed by atoms with Crippen molar-refractivity contribution in [2.75, 3.05) is 19.6 Å². The van der Waals surface area contributed by atoms with E-state index in [2.05, 4.69) is 25.8 Å². The van der Waals surface area contributed by atoms with Crippen LogP contribution in [0.1, 0.15) is 32.6 Å². The zero-order valence-electron chi connectivity index (χ0n) is 13.3. The van der Waals surface area contributed by atoms with Crippen molar-refractivity contribution in [1.82, 2.24) is 20.8 Å². The van der Waals surface area contributed by atoms with Gasteiger partial charge in [-0.15, -0.1) is 0 Å². The number of hydrogen-bond donors (Lipinski definition) is 2. The predicted molar refractivity (Wildman–Crippen MR) is 87.8 cm³/mol. The fourth-order valence-electron chi connectivity index (χ4n) is 1.96. The molecule has 0 aliphatic rings. The molecule has 1 atom stereocenters. The summed E-state index contributed by atoms with van der Waals surface area (Å²) in [5, 5.41) is 10.4. The Labute approximate surface area is 131 Å². The number of nitrogens with one attached hydrogen (secondary N) is 2. The maximum absolute atomic E-state index is 5.36. The number of benzene rings is 1. The highest BCUT2D eigenvalue weighted by molar-refractivity contribution is 5.79. The van der Waals surface area contributed by atoms with E-state index in [1.807, 2.05) is 51.1 Å². The Hall–Kier alpha value is -2.37. The quantitative estimate of drug-likeness (QED) is 0.633. The van der Waals surface area contributed by atoms with Gasteiger partial charge in [-0.1, -0.05) is 42.4 Å². The maximum Gasteiger partial charge on any atom is 0.231 e. The van der Waals surface area contributed by atoms with Gasteiger partial charge < -0.3 is 15.2 Å². The molecule has 2 N–H and O–H groups in total. The first-order chi connectivity index (χ1) is 10.7. The van der Waals surface area contributed by atoms with Crippen molar-refractivity contribution in [3.63, 3.8) is 0 Å². The molecule has 6 nitrogen and oxygen atoms in total. The van der Waals surface area contributed by atoms with Crippen LogP contribution < -0.4 is 10.6 Å².